The van der Waals surface area contributed by atoms with Gasteiger partial charge in [-0.25, -0.2) is 14.3 Å². The molecule has 8 nitrogen and oxygen atoms in total. The molecule has 3 N–H and O–H groups in total. The number of nitrogens with two attached hydrogens (primary N) is 1. The SMILES string of the molecule is C[C@H](OC(=O)c1cc(-c2ccccc2)nn1-c1ccccc1)C(=O)NC(N)=O. The van der Waals surface area contributed by atoms with E-state index in [9.17, 15) is 14.4 Å². The van der Waals surface area contributed by atoms with Crippen molar-refractivity contribution in [2.45, 2.75) is 13.0 Å². The van der Waals surface area contributed by atoms with Crippen LogP contribution in [0.5, 0.6) is 0 Å². The van der Waals surface area contributed by atoms with E-state index in [2.05, 4.69) is 5.10 Å². The molecule has 0 saturated heterocycles. The third-order valence-corrected chi connectivity index (χ3v) is 3.89. The second-order valence-electron chi connectivity index (χ2n) is 5.93. The number of primary amides is 1. The third-order valence-electron chi connectivity index (χ3n) is 3.89. The van der Waals surface area contributed by atoms with Crippen molar-refractivity contribution in [2.75, 3.05) is 0 Å². The molecule has 2 aromatic carbocycles. The second-order valence-corrected chi connectivity index (χ2v) is 5.93. The van der Waals surface area contributed by atoms with Gasteiger partial charge in [0, 0.05) is 5.56 Å². The Balaban J connectivity index is 1.94. The Morgan fingerprint density at radius 1 is 1.04 bits per heavy atom. The van der Waals surface area contributed by atoms with E-state index in [1.165, 1.54) is 11.6 Å². The Hall–Kier alpha value is -3.94. The average molecular weight is 378 g/mol. The molecular weight excluding hydrogens is 360 g/mol. The summed E-state index contributed by atoms with van der Waals surface area (Å²) in [5, 5.41) is 6.39. The zero-order valence-corrected chi connectivity index (χ0v) is 15.0. The molecule has 8 heteroatoms. The number of nitrogens with zero attached hydrogens (tertiary/aromatic N) is 2. The summed E-state index contributed by atoms with van der Waals surface area (Å²) in [6, 6.07) is 19.0. The largest absolute Gasteiger partial charge is 0.448 e. The number of rotatable bonds is 5. The van der Waals surface area contributed by atoms with Crippen LogP contribution in [-0.2, 0) is 9.53 Å². The molecule has 0 aliphatic heterocycles. The van der Waals surface area contributed by atoms with Crippen molar-refractivity contribution in [1.29, 1.82) is 0 Å². The molecule has 0 fully saturated rings. The Morgan fingerprint density at radius 2 is 1.64 bits per heavy atom. The maximum Gasteiger partial charge on any atom is 0.357 e. The molecule has 0 aliphatic rings. The fourth-order valence-electron chi connectivity index (χ4n) is 2.54. The third kappa shape index (κ3) is 4.24. The van der Waals surface area contributed by atoms with E-state index in [4.69, 9.17) is 10.5 Å². The van der Waals surface area contributed by atoms with Crippen LogP contribution in [0.2, 0.25) is 0 Å². The molecule has 28 heavy (non-hydrogen) atoms. The minimum atomic E-state index is -1.21. The normalized spacial score (nSPS) is 11.5. The van der Waals surface area contributed by atoms with Crippen LogP contribution in [0.15, 0.2) is 66.7 Å². The number of carbonyl (C=O) groups excluding carboxylic acids is 3. The number of para-hydroxylation sites is 1. The summed E-state index contributed by atoms with van der Waals surface area (Å²) in [6.45, 7) is 1.34. The molecule has 0 saturated carbocycles. The van der Waals surface area contributed by atoms with E-state index in [1.807, 2.05) is 53.8 Å². The van der Waals surface area contributed by atoms with Crippen molar-refractivity contribution in [2.24, 2.45) is 5.73 Å². The Labute approximate surface area is 160 Å². The number of nitrogens with one attached hydrogen (secondary N) is 1. The molecule has 0 spiro atoms. The van der Waals surface area contributed by atoms with Gasteiger partial charge in [-0.3, -0.25) is 10.1 Å². The number of esters is 1. The van der Waals surface area contributed by atoms with Crippen molar-refractivity contribution in [3.63, 3.8) is 0 Å². The molecule has 1 heterocycles. The smallest absolute Gasteiger partial charge is 0.357 e. The van der Waals surface area contributed by atoms with Crippen LogP contribution >= 0.6 is 0 Å². The van der Waals surface area contributed by atoms with Gasteiger partial charge in [0.05, 0.1) is 11.4 Å². The highest BCUT2D eigenvalue weighted by atomic mass is 16.5. The average Bonchev–Trinajstić information content (AvgIpc) is 3.14. The molecule has 142 valence electrons. The van der Waals surface area contributed by atoms with Gasteiger partial charge in [0.1, 0.15) is 0 Å². The van der Waals surface area contributed by atoms with Gasteiger partial charge >= 0.3 is 12.0 Å². The highest BCUT2D eigenvalue weighted by molar-refractivity contribution is 5.98. The van der Waals surface area contributed by atoms with Gasteiger partial charge in [-0.2, -0.15) is 5.10 Å². The second kappa shape index (κ2) is 8.17. The first kappa shape index (κ1) is 18.8. The van der Waals surface area contributed by atoms with Crippen molar-refractivity contribution in [3.05, 3.63) is 72.4 Å². The number of carbonyl (C=O) groups is 3. The van der Waals surface area contributed by atoms with Gasteiger partial charge < -0.3 is 10.5 Å². The summed E-state index contributed by atoms with van der Waals surface area (Å²) in [7, 11) is 0. The lowest BCUT2D eigenvalue weighted by Crippen LogP contribution is -2.42. The molecule has 0 radical (unpaired) electrons. The maximum absolute atomic E-state index is 12.7. The topological polar surface area (TPSA) is 116 Å². The van der Waals surface area contributed by atoms with E-state index in [0.29, 0.717) is 11.4 Å². The van der Waals surface area contributed by atoms with Crippen LogP contribution in [0.3, 0.4) is 0 Å². The van der Waals surface area contributed by atoms with Crippen LogP contribution in [0.4, 0.5) is 4.79 Å². The van der Waals surface area contributed by atoms with E-state index < -0.39 is 24.0 Å². The monoisotopic (exact) mass is 378 g/mol. The van der Waals surface area contributed by atoms with Crippen molar-refractivity contribution < 1.29 is 19.1 Å². The van der Waals surface area contributed by atoms with Gasteiger partial charge in [0.25, 0.3) is 5.91 Å². The predicted octanol–water partition coefficient (Wildman–Crippen LogP) is 2.28. The van der Waals surface area contributed by atoms with Crippen molar-refractivity contribution in [3.8, 4) is 16.9 Å². The van der Waals surface area contributed by atoms with Gasteiger partial charge in [-0.15, -0.1) is 0 Å². The first-order chi connectivity index (χ1) is 13.5. The number of ether oxygens (including phenoxy) is 1. The first-order valence-electron chi connectivity index (χ1n) is 8.48. The quantitative estimate of drug-likeness (QED) is 0.661. The van der Waals surface area contributed by atoms with E-state index >= 15 is 0 Å². The fourth-order valence-corrected chi connectivity index (χ4v) is 2.54. The molecule has 1 aromatic heterocycles. The zero-order valence-electron chi connectivity index (χ0n) is 15.0. The number of urea groups is 1. The summed E-state index contributed by atoms with van der Waals surface area (Å²) in [5.41, 5.74) is 7.12. The lowest BCUT2D eigenvalue weighted by atomic mass is 10.1. The maximum atomic E-state index is 12.7. The summed E-state index contributed by atoms with van der Waals surface area (Å²) >= 11 is 0. The summed E-state index contributed by atoms with van der Waals surface area (Å²) in [5.74, 6) is -1.57. The van der Waals surface area contributed by atoms with Crippen LogP contribution < -0.4 is 11.1 Å². The first-order valence-corrected chi connectivity index (χ1v) is 8.48. The van der Waals surface area contributed by atoms with Crippen molar-refractivity contribution in [1.82, 2.24) is 15.1 Å². The summed E-state index contributed by atoms with van der Waals surface area (Å²) in [6.07, 6.45) is -1.21. The number of aromatic nitrogens is 2. The van der Waals surface area contributed by atoms with Crippen molar-refractivity contribution >= 4 is 17.9 Å². The fraction of sp³-hybridized carbons (Fsp3) is 0.100. The molecule has 1 atom stereocenters. The Morgan fingerprint density at radius 3 is 2.25 bits per heavy atom. The number of amides is 3. The number of imide groups is 1. The zero-order chi connectivity index (χ0) is 20.1. The van der Waals surface area contributed by atoms with Crippen LogP contribution in [0.1, 0.15) is 17.4 Å². The van der Waals surface area contributed by atoms with Gasteiger partial charge in [0.15, 0.2) is 11.8 Å². The van der Waals surface area contributed by atoms with Crippen LogP contribution in [-0.4, -0.2) is 33.8 Å². The lowest BCUT2D eigenvalue weighted by molar-refractivity contribution is -0.127. The predicted molar refractivity (Wildman–Crippen MR) is 102 cm³/mol. The molecule has 3 aromatic rings. The minimum absolute atomic E-state index is 0.142. The van der Waals surface area contributed by atoms with E-state index in [1.54, 1.807) is 18.2 Å². The van der Waals surface area contributed by atoms with Gasteiger partial charge in [-0.1, -0.05) is 48.5 Å². The summed E-state index contributed by atoms with van der Waals surface area (Å²) < 4.78 is 6.64. The minimum Gasteiger partial charge on any atom is -0.448 e. The lowest BCUT2D eigenvalue weighted by Gasteiger charge is -2.12. The number of hydrogen-bond acceptors (Lipinski definition) is 5. The molecule has 0 aliphatic carbocycles. The Kier molecular flexibility index (Phi) is 5.50. The van der Waals surface area contributed by atoms with E-state index in [-0.39, 0.29) is 5.69 Å². The Bertz CT molecular complexity index is 1000. The standard InChI is InChI=1S/C20H18N4O4/c1-13(18(25)22-20(21)27)28-19(26)17-12-16(14-8-4-2-5-9-14)23-24(17)15-10-6-3-7-11-15/h2-13H,1H3,(H3,21,22,25,27)/t13-/m0/s1. The number of benzene rings is 2. The highest BCUT2D eigenvalue weighted by Crippen LogP contribution is 2.22. The van der Waals surface area contributed by atoms with Crippen LogP contribution in [0.25, 0.3) is 16.9 Å². The highest BCUT2D eigenvalue weighted by Gasteiger charge is 2.24. The summed E-state index contributed by atoms with van der Waals surface area (Å²) in [4.78, 5) is 35.3. The molecular formula is C20H18N4O4. The van der Waals surface area contributed by atoms with Crippen LogP contribution in [0, 0.1) is 0 Å². The number of hydrogen-bond donors (Lipinski definition) is 2. The molecule has 3 rings (SSSR count). The molecule has 0 bridgehead atoms. The van der Waals surface area contributed by atoms with Gasteiger partial charge in [0.2, 0.25) is 0 Å². The molecule has 3 amide bonds. The molecule has 0 unspecified atom stereocenters. The van der Waals surface area contributed by atoms with Gasteiger partial charge in [-0.05, 0) is 25.1 Å². The van der Waals surface area contributed by atoms with E-state index in [0.717, 1.165) is 5.56 Å².